The lowest BCUT2D eigenvalue weighted by Gasteiger charge is -2.32. The monoisotopic (exact) mass is 301 g/mol. The number of anilines is 2. The maximum absolute atomic E-state index is 5.85. The van der Waals surface area contributed by atoms with Crippen molar-refractivity contribution in [2.75, 3.05) is 11.1 Å². The molecule has 22 heavy (non-hydrogen) atoms. The second-order valence-electron chi connectivity index (χ2n) is 6.16. The molecular weight excluding hydrogens is 278 g/mol. The van der Waals surface area contributed by atoms with Crippen LogP contribution >= 0.6 is 0 Å². The van der Waals surface area contributed by atoms with Crippen molar-refractivity contribution >= 4 is 11.8 Å². The smallest absolute Gasteiger partial charge is 0.222 e. The average Bonchev–Trinajstić information content (AvgIpc) is 2.89. The third-order valence-corrected chi connectivity index (χ3v) is 4.09. The second kappa shape index (κ2) is 5.92. The molecule has 0 amide bonds. The van der Waals surface area contributed by atoms with Gasteiger partial charge in [0.05, 0.1) is 12.2 Å². The molecule has 7 nitrogen and oxygen atoms in total. The number of nitrogens with one attached hydrogen (secondary N) is 1. The van der Waals surface area contributed by atoms with Crippen LogP contribution in [0.1, 0.15) is 50.2 Å². The van der Waals surface area contributed by atoms with Gasteiger partial charge in [-0.25, -0.2) is 9.97 Å². The molecule has 5 N–H and O–H groups in total. The molecule has 3 rings (SSSR count). The molecular formula is C15H23N7. The highest BCUT2D eigenvalue weighted by Crippen LogP contribution is 2.35. The van der Waals surface area contributed by atoms with Crippen LogP contribution in [0.4, 0.5) is 11.8 Å². The second-order valence-corrected chi connectivity index (χ2v) is 6.16. The number of nitrogens with two attached hydrogens (primary N) is 2. The maximum atomic E-state index is 5.85. The summed E-state index contributed by atoms with van der Waals surface area (Å²) in [5.74, 6) is 2.41. The van der Waals surface area contributed by atoms with E-state index in [1.54, 1.807) is 0 Å². The average molecular weight is 301 g/mol. The van der Waals surface area contributed by atoms with Crippen LogP contribution in [-0.2, 0) is 6.54 Å². The molecule has 7 heteroatoms. The summed E-state index contributed by atoms with van der Waals surface area (Å²) in [6.07, 6.45) is 5.73. The van der Waals surface area contributed by atoms with Crippen LogP contribution < -0.4 is 16.8 Å². The van der Waals surface area contributed by atoms with Crippen molar-refractivity contribution in [2.24, 2.45) is 5.73 Å². The van der Waals surface area contributed by atoms with E-state index in [0.717, 1.165) is 30.2 Å². The predicted molar refractivity (Wildman–Crippen MR) is 86.3 cm³/mol. The Balaban J connectivity index is 1.71. The van der Waals surface area contributed by atoms with Crippen LogP contribution in [-0.4, -0.2) is 25.6 Å². The third kappa shape index (κ3) is 3.04. The molecule has 0 atom stereocenters. The summed E-state index contributed by atoms with van der Waals surface area (Å²) in [5.41, 5.74) is 12.6. The number of hydrogen-bond acceptors (Lipinski definition) is 6. The predicted octanol–water partition coefficient (Wildman–Crippen LogP) is 1.65. The van der Waals surface area contributed by atoms with E-state index in [0.29, 0.717) is 24.5 Å². The van der Waals surface area contributed by atoms with Crippen LogP contribution in [0.5, 0.6) is 0 Å². The molecule has 1 fully saturated rings. The summed E-state index contributed by atoms with van der Waals surface area (Å²) in [6, 6.07) is 2.63. The van der Waals surface area contributed by atoms with Crippen molar-refractivity contribution < 1.29 is 0 Å². The molecule has 2 aromatic rings. The molecule has 0 aromatic carbocycles. The van der Waals surface area contributed by atoms with Crippen molar-refractivity contribution in [2.45, 2.75) is 51.2 Å². The molecule has 1 aliphatic carbocycles. The first-order chi connectivity index (χ1) is 10.5. The lowest BCUT2D eigenvalue weighted by atomic mass is 9.78. The molecule has 1 saturated carbocycles. The normalized spacial score (nSPS) is 20.9. The van der Waals surface area contributed by atoms with Crippen molar-refractivity contribution in [3.8, 4) is 0 Å². The van der Waals surface area contributed by atoms with Crippen molar-refractivity contribution in [3.05, 3.63) is 30.0 Å². The molecule has 2 aromatic heterocycles. The standard InChI is InChI=1S/C15H23N7/c1-9(2)22-4-3-18-14(22)8-19-13-7-12(20-15(17)21-13)10-5-11(16)6-10/h3-4,7,9-11H,5-6,8,16H2,1-2H3,(H3,17,19,20,21). The van der Waals surface area contributed by atoms with Gasteiger partial charge >= 0.3 is 0 Å². The first-order valence-corrected chi connectivity index (χ1v) is 7.68. The highest BCUT2D eigenvalue weighted by molar-refractivity contribution is 5.42. The van der Waals surface area contributed by atoms with E-state index < -0.39 is 0 Å². The van der Waals surface area contributed by atoms with Gasteiger partial charge in [-0.3, -0.25) is 0 Å². The number of hydrogen-bond donors (Lipinski definition) is 3. The molecule has 0 unspecified atom stereocenters. The van der Waals surface area contributed by atoms with Crippen molar-refractivity contribution in [3.63, 3.8) is 0 Å². The van der Waals surface area contributed by atoms with E-state index in [-0.39, 0.29) is 6.04 Å². The lowest BCUT2D eigenvalue weighted by Crippen LogP contribution is -2.35. The minimum atomic E-state index is 0.288. The Bertz CT molecular complexity index is 643. The first kappa shape index (κ1) is 14.8. The third-order valence-electron chi connectivity index (χ3n) is 4.09. The zero-order chi connectivity index (χ0) is 15.7. The van der Waals surface area contributed by atoms with Crippen molar-refractivity contribution in [1.29, 1.82) is 0 Å². The summed E-state index contributed by atoms with van der Waals surface area (Å²) in [6.45, 7) is 4.86. The Morgan fingerprint density at radius 3 is 2.82 bits per heavy atom. The maximum Gasteiger partial charge on any atom is 0.222 e. The van der Waals surface area contributed by atoms with Gasteiger partial charge in [-0.2, -0.15) is 4.98 Å². The van der Waals surface area contributed by atoms with E-state index in [1.807, 2.05) is 18.5 Å². The molecule has 2 heterocycles. The minimum absolute atomic E-state index is 0.288. The Morgan fingerprint density at radius 2 is 2.14 bits per heavy atom. The lowest BCUT2D eigenvalue weighted by molar-refractivity contribution is 0.345. The number of imidazole rings is 1. The van der Waals surface area contributed by atoms with E-state index in [9.17, 15) is 0 Å². The quantitative estimate of drug-likeness (QED) is 0.775. The summed E-state index contributed by atoms with van der Waals surface area (Å²) in [4.78, 5) is 13.0. The van der Waals surface area contributed by atoms with Crippen LogP contribution in [0.2, 0.25) is 0 Å². The van der Waals surface area contributed by atoms with Gasteiger partial charge in [0, 0.05) is 36.5 Å². The molecule has 0 spiro atoms. The van der Waals surface area contributed by atoms with Gasteiger partial charge in [-0.1, -0.05) is 0 Å². The Morgan fingerprint density at radius 1 is 1.36 bits per heavy atom. The highest BCUT2D eigenvalue weighted by Gasteiger charge is 2.29. The number of rotatable bonds is 5. The van der Waals surface area contributed by atoms with Gasteiger partial charge in [0.25, 0.3) is 0 Å². The van der Waals surface area contributed by atoms with Crippen LogP contribution in [0.15, 0.2) is 18.5 Å². The van der Waals surface area contributed by atoms with Gasteiger partial charge in [0.1, 0.15) is 11.6 Å². The molecule has 0 bridgehead atoms. The van der Waals surface area contributed by atoms with Crippen molar-refractivity contribution in [1.82, 2.24) is 19.5 Å². The van der Waals surface area contributed by atoms with E-state index in [4.69, 9.17) is 11.5 Å². The fraction of sp³-hybridized carbons (Fsp3) is 0.533. The number of aromatic nitrogens is 4. The topological polar surface area (TPSA) is 108 Å². The summed E-state index contributed by atoms with van der Waals surface area (Å²) in [7, 11) is 0. The Kier molecular flexibility index (Phi) is 3.98. The molecule has 0 saturated heterocycles. The zero-order valence-electron chi connectivity index (χ0n) is 13.0. The van der Waals surface area contributed by atoms with E-state index in [2.05, 4.69) is 38.7 Å². The summed E-state index contributed by atoms with van der Waals surface area (Å²) >= 11 is 0. The molecule has 0 aliphatic heterocycles. The van der Waals surface area contributed by atoms with E-state index in [1.165, 1.54) is 0 Å². The van der Waals surface area contributed by atoms with Crippen LogP contribution in [0, 0.1) is 0 Å². The number of nitrogens with zero attached hydrogens (tertiary/aromatic N) is 4. The fourth-order valence-electron chi connectivity index (χ4n) is 2.81. The van der Waals surface area contributed by atoms with Gasteiger partial charge < -0.3 is 21.4 Å². The van der Waals surface area contributed by atoms with Crippen LogP contribution in [0.25, 0.3) is 0 Å². The highest BCUT2D eigenvalue weighted by atomic mass is 15.1. The number of nitrogen functional groups attached to an aromatic ring is 1. The fourth-order valence-corrected chi connectivity index (χ4v) is 2.81. The van der Waals surface area contributed by atoms with Gasteiger partial charge in [0.2, 0.25) is 5.95 Å². The SMILES string of the molecule is CC(C)n1ccnc1CNc1cc(C2CC(N)C2)nc(N)n1. The zero-order valence-corrected chi connectivity index (χ0v) is 13.0. The first-order valence-electron chi connectivity index (χ1n) is 7.68. The van der Waals surface area contributed by atoms with E-state index >= 15 is 0 Å². The molecule has 118 valence electrons. The van der Waals surface area contributed by atoms with Gasteiger partial charge in [-0.15, -0.1) is 0 Å². The Hall–Kier alpha value is -2.15. The largest absolute Gasteiger partial charge is 0.368 e. The Labute approximate surface area is 130 Å². The summed E-state index contributed by atoms with van der Waals surface area (Å²) < 4.78 is 2.13. The van der Waals surface area contributed by atoms with Crippen LogP contribution in [0.3, 0.4) is 0 Å². The summed E-state index contributed by atoms with van der Waals surface area (Å²) in [5, 5.41) is 3.29. The minimum Gasteiger partial charge on any atom is -0.368 e. The molecule has 0 radical (unpaired) electrons. The van der Waals surface area contributed by atoms with Gasteiger partial charge in [0.15, 0.2) is 0 Å². The molecule has 1 aliphatic rings. The van der Waals surface area contributed by atoms with Gasteiger partial charge in [-0.05, 0) is 26.7 Å².